The Morgan fingerprint density at radius 1 is 1.14 bits per heavy atom. The molecule has 1 fully saturated rings. The Kier molecular flexibility index (Phi) is 4.91. The van der Waals surface area contributed by atoms with Gasteiger partial charge in [-0.2, -0.15) is 5.10 Å². The van der Waals surface area contributed by atoms with Gasteiger partial charge in [0.25, 0.3) is 5.56 Å². The lowest BCUT2D eigenvalue weighted by Gasteiger charge is -2.40. The van der Waals surface area contributed by atoms with Crippen LogP contribution in [0.5, 0.6) is 0 Å². The highest BCUT2D eigenvalue weighted by Gasteiger charge is 2.29. The van der Waals surface area contributed by atoms with Crippen molar-refractivity contribution in [2.45, 2.75) is 27.0 Å². The molecule has 0 bridgehead atoms. The molecule has 0 saturated carbocycles. The fourth-order valence-corrected chi connectivity index (χ4v) is 3.42. The highest BCUT2D eigenvalue weighted by atomic mass is 16.5. The van der Waals surface area contributed by atoms with Crippen LogP contribution >= 0.6 is 0 Å². The van der Waals surface area contributed by atoms with Gasteiger partial charge in [-0.25, -0.2) is 19.3 Å². The summed E-state index contributed by atoms with van der Waals surface area (Å²) in [5.74, 6) is 2.54. The topological polar surface area (TPSA) is 91.0 Å². The minimum Gasteiger partial charge on any atom is -0.377 e. The summed E-state index contributed by atoms with van der Waals surface area (Å²) < 4.78 is 8.38. The summed E-state index contributed by atoms with van der Waals surface area (Å²) in [6.45, 7) is 6.51. The first-order valence-corrected chi connectivity index (χ1v) is 9.21. The first-order valence-electron chi connectivity index (χ1n) is 9.21. The number of aryl methyl sites for hydroxylation is 2. The number of methoxy groups -OCH3 is 1. The first-order chi connectivity index (χ1) is 13.5. The van der Waals surface area contributed by atoms with Crippen LogP contribution in [0.15, 0.2) is 35.3 Å². The van der Waals surface area contributed by atoms with Gasteiger partial charge >= 0.3 is 0 Å². The zero-order valence-corrected chi connectivity index (χ0v) is 16.2. The van der Waals surface area contributed by atoms with Crippen molar-refractivity contribution in [2.24, 2.45) is 5.92 Å². The molecular formula is C19H23N7O2. The summed E-state index contributed by atoms with van der Waals surface area (Å²) >= 11 is 0. The van der Waals surface area contributed by atoms with Gasteiger partial charge in [0, 0.05) is 44.1 Å². The number of hydrogen-bond acceptors (Lipinski definition) is 7. The number of aromatic nitrogens is 6. The predicted octanol–water partition coefficient (Wildman–Crippen LogP) is 1.12. The molecule has 9 heteroatoms. The van der Waals surface area contributed by atoms with E-state index in [2.05, 4.69) is 25.1 Å². The molecule has 0 aromatic carbocycles. The van der Waals surface area contributed by atoms with Gasteiger partial charge in [-0.05, 0) is 32.0 Å². The third-order valence-electron chi connectivity index (χ3n) is 4.76. The Labute approximate surface area is 162 Å². The van der Waals surface area contributed by atoms with E-state index in [1.807, 2.05) is 26.0 Å². The molecule has 0 N–H and O–H groups in total. The van der Waals surface area contributed by atoms with Gasteiger partial charge in [-0.1, -0.05) is 0 Å². The van der Waals surface area contributed by atoms with E-state index in [0.29, 0.717) is 30.7 Å². The number of anilines is 1. The predicted molar refractivity (Wildman–Crippen MR) is 104 cm³/mol. The highest BCUT2D eigenvalue weighted by Crippen LogP contribution is 2.23. The van der Waals surface area contributed by atoms with Gasteiger partial charge < -0.3 is 9.64 Å². The van der Waals surface area contributed by atoms with Gasteiger partial charge in [0.15, 0.2) is 11.6 Å². The normalized spacial score (nSPS) is 14.3. The highest BCUT2D eigenvalue weighted by molar-refractivity contribution is 5.40. The summed E-state index contributed by atoms with van der Waals surface area (Å²) in [6, 6.07) is 7.14. The fourth-order valence-electron chi connectivity index (χ4n) is 3.42. The molecule has 0 aliphatic carbocycles. The van der Waals surface area contributed by atoms with Gasteiger partial charge in [0.2, 0.25) is 0 Å². The maximum atomic E-state index is 12.3. The van der Waals surface area contributed by atoms with Crippen LogP contribution < -0.4 is 10.5 Å². The van der Waals surface area contributed by atoms with Crippen LogP contribution in [-0.2, 0) is 17.9 Å². The zero-order valence-electron chi connectivity index (χ0n) is 16.2. The Morgan fingerprint density at radius 2 is 1.96 bits per heavy atom. The number of rotatable bonds is 6. The van der Waals surface area contributed by atoms with Crippen LogP contribution in [0, 0.1) is 19.8 Å². The van der Waals surface area contributed by atoms with Crippen molar-refractivity contribution in [1.82, 2.24) is 29.5 Å². The van der Waals surface area contributed by atoms with Gasteiger partial charge in [-0.3, -0.25) is 4.79 Å². The molecule has 9 nitrogen and oxygen atoms in total. The molecule has 0 spiro atoms. The maximum absolute atomic E-state index is 12.3. The fraction of sp³-hybridized carbons (Fsp3) is 0.421. The lowest BCUT2D eigenvalue weighted by Crippen LogP contribution is -2.50. The van der Waals surface area contributed by atoms with Crippen molar-refractivity contribution in [1.29, 1.82) is 0 Å². The molecule has 4 rings (SSSR count). The second-order valence-electron chi connectivity index (χ2n) is 7.09. The molecule has 28 heavy (non-hydrogen) atoms. The van der Waals surface area contributed by atoms with Crippen molar-refractivity contribution in [3.05, 3.63) is 58.0 Å². The van der Waals surface area contributed by atoms with E-state index in [1.54, 1.807) is 30.1 Å². The van der Waals surface area contributed by atoms with Gasteiger partial charge in [0.1, 0.15) is 12.4 Å². The second kappa shape index (κ2) is 7.51. The lowest BCUT2D eigenvalue weighted by molar-refractivity contribution is 0.177. The van der Waals surface area contributed by atoms with E-state index in [-0.39, 0.29) is 5.56 Å². The average Bonchev–Trinajstić information content (AvgIpc) is 2.98. The molecule has 3 aromatic rings. The average molecular weight is 381 g/mol. The molecule has 1 saturated heterocycles. The maximum Gasteiger partial charge on any atom is 0.266 e. The quantitative estimate of drug-likeness (QED) is 0.632. The van der Waals surface area contributed by atoms with Crippen molar-refractivity contribution in [3.8, 4) is 5.82 Å². The Balaban J connectivity index is 1.45. The van der Waals surface area contributed by atoms with Crippen LogP contribution in [0.4, 0.5) is 5.82 Å². The van der Waals surface area contributed by atoms with Crippen LogP contribution in [0.3, 0.4) is 0 Å². The smallest absolute Gasteiger partial charge is 0.266 e. The van der Waals surface area contributed by atoms with Crippen molar-refractivity contribution in [2.75, 3.05) is 25.1 Å². The Hall–Kier alpha value is -3.07. The van der Waals surface area contributed by atoms with Crippen molar-refractivity contribution < 1.29 is 4.74 Å². The molecule has 0 unspecified atom stereocenters. The van der Waals surface area contributed by atoms with Gasteiger partial charge in [-0.15, -0.1) is 5.10 Å². The van der Waals surface area contributed by atoms with E-state index >= 15 is 0 Å². The second-order valence-corrected chi connectivity index (χ2v) is 7.09. The third-order valence-corrected chi connectivity index (χ3v) is 4.76. The SMILES string of the molecule is COCc1nccc(N2CC(Cn3nc(-n4nc(C)cc4C)ccc3=O)C2)n1. The van der Waals surface area contributed by atoms with Crippen molar-refractivity contribution in [3.63, 3.8) is 0 Å². The molecule has 3 aromatic heterocycles. The molecular weight excluding hydrogens is 358 g/mol. The summed E-state index contributed by atoms with van der Waals surface area (Å²) in [6.07, 6.45) is 1.74. The zero-order chi connectivity index (χ0) is 19.7. The molecule has 0 amide bonds. The summed E-state index contributed by atoms with van der Waals surface area (Å²) in [5.41, 5.74) is 1.80. The first kappa shape index (κ1) is 18.3. The minimum atomic E-state index is -0.104. The van der Waals surface area contributed by atoms with E-state index < -0.39 is 0 Å². The molecule has 0 atom stereocenters. The minimum absolute atomic E-state index is 0.104. The largest absolute Gasteiger partial charge is 0.377 e. The molecule has 0 radical (unpaired) electrons. The van der Waals surface area contributed by atoms with Crippen LogP contribution in [0.25, 0.3) is 5.82 Å². The Morgan fingerprint density at radius 3 is 2.68 bits per heavy atom. The number of ether oxygens (including phenoxy) is 1. The molecule has 1 aliphatic heterocycles. The van der Waals surface area contributed by atoms with Gasteiger partial charge in [0.05, 0.1) is 12.2 Å². The van der Waals surface area contributed by atoms with Crippen LogP contribution in [0.2, 0.25) is 0 Å². The van der Waals surface area contributed by atoms with E-state index in [4.69, 9.17) is 4.74 Å². The standard InChI is InChI=1S/C19H23N7O2/c1-13-8-14(2)26(22-13)18-4-5-19(27)25(23-18)11-15-9-24(10-15)17-6-7-20-16(21-17)12-28-3/h4-8,15H,9-12H2,1-3H3. The molecule has 1 aliphatic rings. The van der Waals surface area contributed by atoms with E-state index in [9.17, 15) is 4.79 Å². The molecule has 146 valence electrons. The van der Waals surface area contributed by atoms with Crippen molar-refractivity contribution >= 4 is 5.82 Å². The lowest BCUT2D eigenvalue weighted by atomic mass is 10.0. The monoisotopic (exact) mass is 381 g/mol. The van der Waals surface area contributed by atoms with E-state index in [0.717, 1.165) is 30.3 Å². The Bertz CT molecular complexity index is 1040. The van der Waals surface area contributed by atoms with Crippen LogP contribution in [-0.4, -0.2) is 49.7 Å². The number of nitrogens with zero attached hydrogens (tertiary/aromatic N) is 7. The van der Waals surface area contributed by atoms with E-state index in [1.165, 1.54) is 4.68 Å². The van der Waals surface area contributed by atoms with Crippen LogP contribution in [0.1, 0.15) is 17.2 Å². The molecule has 4 heterocycles. The third kappa shape index (κ3) is 3.65. The summed E-state index contributed by atoms with van der Waals surface area (Å²) in [7, 11) is 1.63. The summed E-state index contributed by atoms with van der Waals surface area (Å²) in [4.78, 5) is 23.1. The number of hydrogen-bond donors (Lipinski definition) is 0. The summed E-state index contributed by atoms with van der Waals surface area (Å²) in [5, 5.41) is 8.96.